The van der Waals surface area contributed by atoms with Crippen molar-refractivity contribution in [2.24, 2.45) is 0 Å². The first-order valence-corrected chi connectivity index (χ1v) is 7.03. The lowest BCUT2D eigenvalue weighted by Crippen LogP contribution is -2.18. The third-order valence-corrected chi connectivity index (χ3v) is 3.61. The van der Waals surface area contributed by atoms with Crippen molar-refractivity contribution in [2.75, 3.05) is 7.11 Å². The van der Waals surface area contributed by atoms with Gasteiger partial charge in [-0.3, -0.25) is 0 Å². The van der Waals surface area contributed by atoms with Crippen molar-refractivity contribution in [3.8, 4) is 5.75 Å². The van der Waals surface area contributed by atoms with E-state index in [1.54, 1.807) is 7.11 Å². The van der Waals surface area contributed by atoms with Crippen molar-refractivity contribution in [1.82, 2.24) is 5.32 Å². The molecule has 2 rings (SSSR count). The maximum absolute atomic E-state index is 5.29. The van der Waals surface area contributed by atoms with Crippen LogP contribution in [0.5, 0.6) is 5.75 Å². The van der Waals surface area contributed by atoms with Crippen LogP contribution < -0.4 is 10.1 Å². The minimum Gasteiger partial charge on any atom is -0.496 e. The Morgan fingerprint density at radius 2 is 1.90 bits per heavy atom. The zero-order chi connectivity index (χ0) is 14.5. The summed E-state index contributed by atoms with van der Waals surface area (Å²) < 4.78 is 5.29. The van der Waals surface area contributed by atoms with Crippen LogP contribution in [-0.4, -0.2) is 7.11 Å². The molecule has 0 heterocycles. The van der Waals surface area contributed by atoms with E-state index in [1.807, 2.05) is 6.07 Å². The summed E-state index contributed by atoms with van der Waals surface area (Å²) in [6.07, 6.45) is 0. The van der Waals surface area contributed by atoms with Crippen LogP contribution in [0.15, 0.2) is 42.5 Å². The van der Waals surface area contributed by atoms with E-state index in [9.17, 15) is 0 Å². The molecule has 0 amide bonds. The molecular formula is C18H23NO. The predicted molar refractivity (Wildman–Crippen MR) is 84.2 cm³/mol. The van der Waals surface area contributed by atoms with Crippen LogP contribution in [-0.2, 0) is 6.54 Å². The molecule has 2 nitrogen and oxygen atoms in total. The lowest BCUT2D eigenvalue weighted by molar-refractivity contribution is 0.411. The van der Waals surface area contributed by atoms with Gasteiger partial charge in [0.15, 0.2) is 0 Å². The van der Waals surface area contributed by atoms with E-state index in [2.05, 4.69) is 62.5 Å². The lowest BCUT2D eigenvalue weighted by atomic mass is 10.1. The summed E-state index contributed by atoms with van der Waals surface area (Å²) >= 11 is 0. The number of hydrogen-bond acceptors (Lipinski definition) is 2. The molecule has 2 aromatic rings. The van der Waals surface area contributed by atoms with E-state index in [0.717, 1.165) is 12.3 Å². The topological polar surface area (TPSA) is 21.3 Å². The Labute approximate surface area is 121 Å². The maximum atomic E-state index is 5.29. The summed E-state index contributed by atoms with van der Waals surface area (Å²) in [5.74, 6) is 0.945. The molecule has 1 N–H and O–H groups in total. The van der Waals surface area contributed by atoms with Crippen LogP contribution in [0.3, 0.4) is 0 Å². The van der Waals surface area contributed by atoms with Crippen molar-refractivity contribution >= 4 is 0 Å². The minimum atomic E-state index is 0.345. The smallest absolute Gasteiger partial charge is 0.121 e. The van der Waals surface area contributed by atoms with E-state index < -0.39 is 0 Å². The number of rotatable bonds is 5. The highest BCUT2D eigenvalue weighted by Crippen LogP contribution is 2.19. The van der Waals surface area contributed by atoms with Crippen molar-refractivity contribution in [2.45, 2.75) is 33.4 Å². The van der Waals surface area contributed by atoms with Gasteiger partial charge in [0.1, 0.15) is 5.75 Å². The molecule has 106 valence electrons. The fraction of sp³-hybridized carbons (Fsp3) is 0.333. The lowest BCUT2D eigenvalue weighted by Gasteiger charge is -2.15. The van der Waals surface area contributed by atoms with Gasteiger partial charge >= 0.3 is 0 Å². The predicted octanol–water partition coefficient (Wildman–Crippen LogP) is 4.16. The molecule has 0 bridgehead atoms. The fourth-order valence-electron chi connectivity index (χ4n) is 2.38. The highest BCUT2D eigenvalue weighted by atomic mass is 16.5. The van der Waals surface area contributed by atoms with E-state index in [0.29, 0.717) is 6.04 Å². The van der Waals surface area contributed by atoms with Crippen LogP contribution in [0.4, 0.5) is 0 Å². The minimum absolute atomic E-state index is 0.345. The molecule has 0 aliphatic rings. The van der Waals surface area contributed by atoms with Gasteiger partial charge in [-0.1, -0.05) is 42.0 Å². The Morgan fingerprint density at radius 1 is 1.10 bits per heavy atom. The second-order valence-electron chi connectivity index (χ2n) is 5.32. The Bertz CT molecular complexity index is 577. The Morgan fingerprint density at radius 3 is 2.55 bits per heavy atom. The number of methoxy groups -OCH3 is 1. The normalized spacial score (nSPS) is 12.2. The van der Waals surface area contributed by atoms with Gasteiger partial charge in [-0.15, -0.1) is 0 Å². The molecule has 20 heavy (non-hydrogen) atoms. The molecule has 2 aromatic carbocycles. The molecule has 1 atom stereocenters. The van der Waals surface area contributed by atoms with Crippen LogP contribution >= 0.6 is 0 Å². The number of nitrogens with one attached hydrogen (secondary N) is 1. The van der Waals surface area contributed by atoms with Crippen molar-refractivity contribution in [3.63, 3.8) is 0 Å². The summed E-state index contributed by atoms with van der Waals surface area (Å²) in [5.41, 5.74) is 5.09. The van der Waals surface area contributed by atoms with Crippen molar-refractivity contribution in [1.29, 1.82) is 0 Å². The van der Waals surface area contributed by atoms with Gasteiger partial charge < -0.3 is 10.1 Å². The summed E-state index contributed by atoms with van der Waals surface area (Å²) in [5, 5.41) is 3.57. The first-order chi connectivity index (χ1) is 9.60. The average molecular weight is 269 g/mol. The third kappa shape index (κ3) is 3.61. The fourth-order valence-corrected chi connectivity index (χ4v) is 2.38. The Hall–Kier alpha value is -1.80. The van der Waals surface area contributed by atoms with E-state index in [1.165, 1.54) is 22.3 Å². The van der Waals surface area contributed by atoms with Gasteiger partial charge in [0.2, 0.25) is 0 Å². The zero-order valence-corrected chi connectivity index (χ0v) is 12.7. The Balaban J connectivity index is 1.99. The van der Waals surface area contributed by atoms with Gasteiger partial charge in [-0.25, -0.2) is 0 Å². The molecular weight excluding hydrogens is 246 g/mol. The van der Waals surface area contributed by atoms with Crippen LogP contribution in [0, 0.1) is 13.8 Å². The number of ether oxygens (including phenoxy) is 1. The van der Waals surface area contributed by atoms with E-state index in [4.69, 9.17) is 4.74 Å². The third-order valence-electron chi connectivity index (χ3n) is 3.61. The second-order valence-corrected chi connectivity index (χ2v) is 5.32. The van der Waals surface area contributed by atoms with Gasteiger partial charge in [0.25, 0.3) is 0 Å². The maximum Gasteiger partial charge on any atom is 0.121 e. The van der Waals surface area contributed by atoms with Crippen molar-refractivity contribution in [3.05, 3.63) is 64.7 Å². The second kappa shape index (κ2) is 6.58. The quantitative estimate of drug-likeness (QED) is 0.880. The molecule has 0 radical (unpaired) electrons. The molecule has 0 fully saturated rings. The molecule has 0 saturated carbocycles. The van der Waals surface area contributed by atoms with Gasteiger partial charge in [-0.2, -0.15) is 0 Å². The number of hydrogen-bond donors (Lipinski definition) is 1. The standard InChI is InChI=1S/C18H23NO/c1-13-6-5-7-17(10-13)15(3)19-12-16-8-9-18(20-4)14(2)11-16/h5-11,15,19H,12H2,1-4H3/t15-/m0/s1. The van der Waals surface area contributed by atoms with Gasteiger partial charge in [0.05, 0.1) is 7.11 Å². The number of benzene rings is 2. The SMILES string of the molecule is COc1ccc(CN[C@@H](C)c2cccc(C)c2)cc1C. The van der Waals surface area contributed by atoms with Crippen LogP contribution in [0.25, 0.3) is 0 Å². The van der Waals surface area contributed by atoms with Crippen LogP contribution in [0.1, 0.15) is 35.2 Å². The largest absolute Gasteiger partial charge is 0.496 e. The van der Waals surface area contributed by atoms with Crippen molar-refractivity contribution < 1.29 is 4.74 Å². The van der Waals surface area contributed by atoms with Gasteiger partial charge in [0, 0.05) is 12.6 Å². The molecule has 2 heteroatoms. The molecule has 0 aliphatic carbocycles. The first-order valence-electron chi connectivity index (χ1n) is 7.03. The molecule has 0 aromatic heterocycles. The summed E-state index contributed by atoms with van der Waals surface area (Å²) in [6.45, 7) is 7.26. The van der Waals surface area contributed by atoms with E-state index in [-0.39, 0.29) is 0 Å². The Kier molecular flexibility index (Phi) is 4.80. The number of aryl methyl sites for hydroxylation is 2. The van der Waals surface area contributed by atoms with Gasteiger partial charge in [-0.05, 0) is 43.5 Å². The average Bonchev–Trinajstić information content (AvgIpc) is 2.45. The molecule has 0 spiro atoms. The molecule has 0 saturated heterocycles. The summed E-state index contributed by atoms with van der Waals surface area (Å²) in [6, 6.07) is 15.3. The molecule has 0 unspecified atom stereocenters. The monoisotopic (exact) mass is 269 g/mol. The summed E-state index contributed by atoms with van der Waals surface area (Å²) in [4.78, 5) is 0. The van der Waals surface area contributed by atoms with E-state index >= 15 is 0 Å². The zero-order valence-electron chi connectivity index (χ0n) is 12.7. The summed E-state index contributed by atoms with van der Waals surface area (Å²) in [7, 11) is 1.71. The molecule has 0 aliphatic heterocycles. The first kappa shape index (κ1) is 14.6. The highest BCUT2D eigenvalue weighted by molar-refractivity contribution is 5.36. The highest BCUT2D eigenvalue weighted by Gasteiger charge is 2.06. The van der Waals surface area contributed by atoms with Crippen LogP contribution in [0.2, 0.25) is 0 Å².